The molecule has 4 aliphatic carbocycles. The van der Waals surface area contributed by atoms with Crippen molar-refractivity contribution in [2.75, 3.05) is 13.2 Å². The largest absolute Gasteiger partial charge is 0.475 e. The third kappa shape index (κ3) is 5.29. The van der Waals surface area contributed by atoms with E-state index in [-0.39, 0.29) is 29.6 Å². The molecular weight excluding hydrogens is 534 g/mol. The highest BCUT2D eigenvalue weighted by Gasteiger charge is 2.60. The summed E-state index contributed by atoms with van der Waals surface area (Å²) in [4.78, 5) is 25.5. The second-order valence-electron chi connectivity index (χ2n) is 12.5. The summed E-state index contributed by atoms with van der Waals surface area (Å²) >= 11 is 6.03. The second-order valence-corrected chi connectivity index (χ2v) is 12.9. The summed E-state index contributed by atoms with van der Waals surface area (Å²) in [7, 11) is 0. The van der Waals surface area contributed by atoms with Crippen LogP contribution in [0.1, 0.15) is 62.7 Å². The van der Waals surface area contributed by atoms with Gasteiger partial charge in [-0.15, -0.1) is 0 Å². The summed E-state index contributed by atoms with van der Waals surface area (Å²) in [5, 5.41) is 24.4. The van der Waals surface area contributed by atoms with E-state index in [4.69, 9.17) is 25.8 Å². The van der Waals surface area contributed by atoms with E-state index in [0.29, 0.717) is 35.7 Å². The van der Waals surface area contributed by atoms with Gasteiger partial charge in [0.1, 0.15) is 0 Å². The lowest BCUT2D eigenvalue weighted by molar-refractivity contribution is -0.204. The predicted molar refractivity (Wildman–Crippen MR) is 147 cm³/mol. The molecule has 4 saturated carbocycles. The van der Waals surface area contributed by atoms with E-state index in [9.17, 15) is 19.8 Å². The molecule has 9 heteroatoms. The fourth-order valence-electron chi connectivity index (χ4n) is 7.78. The number of nitrogens with one attached hydrogen (secondary N) is 1. The number of carbonyl (C=O) groups excluding carboxylic acids is 1. The topological polar surface area (TPSA) is 114 Å². The van der Waals surface area contributed by atoms with Crippen molar-refractivity contribution in [2.24, 2.45) is 23.2 Å². The standard InChI is InChI=1S/C31H36ClNO7/c1-18(33-16-25(34)23-3-2-4-24(32)12-23)7-19-5-6-26-27(11-19)40-31(39-26,28(35)36)29(37)38-17-30-13-20-8-21(14-30)10-22(9-20)15-30/h2-6,11-12,18,20-22,25,33-34H,7-10,13-17H2,1H3,(H,35,36)/t18-,20?,21?,22?,25+,30?,31?/m1/s1. The molecule has 0 radical (unpaired) electrons. The minimum absolute atomic E-state index is 0.0105. The van der Waals surface area contributed by atoms with Crippen LogP contribution in [-0.4, -0.2) is 47.1 Å². The first kappa shape index (κ1) is 27.4. The van der Waals surface area contributed by atoms with Gasteiger partial charge in [0.15, 0.2) is 11.5 Å². The van der Waals surface area contributed by atoms with E-state index in [0.717, 1.165) is 30.4 Å². The molecule has 7 rings (SSSR count). The van der Waals surface area contributed by atoms with Crippen LogP contribution in [0.5, 0.6) is 11.5 Å². The first-order valence-electron chi connectivity index (χ1n) is 14.2. The van der Waals surface area contributed by atoms with Crippen molar-refractivity contribution in [3.63, 3.8) is 0 Å². The minimum atomic E-state index is -2.55. The number of halogens is 1. The molecule has 3 N–H and O–H groups in total. The van der Waals surface area contributed by atoms with Crippen LogP contribution in [0.25, 0.3) is 0 Å². The quantitative estimate of drug-likeness (QED) is 0.273. The summed E-state index contributed by atoms with van der Waals surface area (Å²) in [6, 6.07) is 12.2. The molecule has 0 saturated heterocycles. The van der Waals surface area contributed by atoms with Crippen LogP contribution < -0.4 is 14.8 Å². The van der Waals surface area contributed by atoms with Gasteiger partial charge in [-0.3, -0.25) is 0 Å². The number of hydrogen-bond donors (Lipinski definition) is 3. The first-order valence-corrected chi connectivity index (χ1v) is 14.6. The van der Waals surface area contributed by atoms with Crippen LogP contribution in [-0.2, 0) is 20.7 Å². The van der Waals surface area contributed by atoms with Crippen molar-refractivity contribution in [1.82, 2.24) is 5.32 Å². The molecule has 8 nitrogen and oxygen atoms in total. The predicted octanol–water partition coefficient (Wildman–Crippen LogP) is 4.91. The number of ether oxygens (including phenoxy) is 3. The summed E-state index contributed by atoms with van der Waals surface area (Å²) in [5.74, 6) is -2.64. The van der Waals surface area contributed by atoms with Gasteiger partial charge in [-0.1, -0.05) is 29.8 Å². The maximum atomic E-state index is 13.2. The Morgan fingerprint density at radius 1 is 1.05 bits per heavy atom. The third-order valence-electron chi connectivity index (χ3n) is 9.18. The van der Waals surface area contributed by atoms with Crippen molar-refractivity contribution >= 4 is 23.5 Å². The van der Waals surface area contributed by atoms with Gasteiger partial charge in [0.25, 0.3) is 0 Å². The van der Waals surface area contributed by atoms with Crippen LogP contribution in [0, 0.1) is 23.2 Å². The Morgan fingerprint density at radius 3 is 2.38 bits per heavy atom. The summed E-state index contributed by atoms with van der Waals surface area (Å²) in [5.41, 5.74) is 1.55. The number of esters is 1. The second kappa shape index (κ2) is 10.5. The average molecular weight is 570 g/mol. The Hall–Kier alpha value is -2.81. The van der Waals surface area contributed by atoms with Crippen molar-refractivity contribution in [3.8, 4) is 11.5 Å². The van der Waals surface area contributed by atoms with Crippen LogP contribution >= 0.6 is 11.6 Å². The van der Waals surface area contributed by atoms with Crippen molar-refractivity contribution in [2.45, 2.75) is 69.8 Å². The van der Waals surface area contributed by atoms with E-state index < -0.39 is 23.8 Å². The van der Waals surface area contributed by atoms with E-state index in [1.165, 1.54) is 19.3 Å². The van der Waals surface area contributed by atoms with E-state index >= 15 is 0 Å². The zero-order valence-corrected chi connectivity index (χ0v) is 23.4. The number of fused-ring (bicyclic) bond motifs is 1. The lowest BCUT2D eigenvalue weighted by atomic mass is 9.50. The summed E-state index contributed by atoms with van der Waals surface area (Å²) in [6.07, 6.45) is 6.81. The molecule has 1 heterocycles. The fourth-order valence-corrected chi connectivity index (χ4v) is 7.98. The van der Waals surface area contributed by atoms with E-state index in [2.05, 4.69) is 5.32 Å². The monoisotopic (exact) mass is 569 g/mol. The molecule has 2 aromatic carbocycles. The highest BCUT2D eigenvalue weighted by atomic mass is 35.5. The molecule has 2 aromatic rings. The van der Waals surface area contributed by atoms with Crippen molar-refractivity contribution in [3.05, 3.63) is 58.6 Å². The number of benzene rings is 2. The average Bonchev–Trinajstić information content (AvgIpc) is 3.30. The normalized spacial score (nSPS) is 31.1. The number of aliphatic hydroxyl groups excluding tert-OH is 1. The number of carbonyl (C=O) groups is 2. The molecule has 0 amide bonds. The smallest absolute Gasteiger partial charge is 0.453 e. The van der Waals surface area contributed by atoms with E-state index in [1.807, 2.05) is 19.1 Å². The fraction of sp³-hybridized carbons (Fsp3) is 0.548. The molecule has 0 aromatic heterocycles. The Bertz CT molecular complexity index is 1260. The Kier molecular flexibility index (Phi) is 7.21. The van der Waals surface area contributed by atoms with Crippen molar-refractivity contribution < 1.29 is 34.0 Å². The number of aliphatic carboxylic acids is 1. The Balaban J connectivity index is 1.07. The SMILES string of the molecule is C[C@H](Cc1ccc2c(c1)OC(C(=O)O)(C(=O)OCC13CC4CC(CC(C4)C1)C3)O2)NC[C@H](O)c1cccc(Cl)c1. The van der Waals surface area contributed by atoms with Gasteiger partial charge in [0.2, 0.25) is 0 Å². The molecule has 40 heavy (non-hydrogen) atoms. The Morgan fingerprint density at radius 2 is 1.73 bits per heavy atom. The van der Waals surface area contributed by atoms with Gasteiger partial charge in [-0.2, -0.15) is 0 Å². The molecule has 3 atom stereocenters. The maximum absolute atomic E-state index is 13.2. The highest BCUT2D eigenvalue weighted by Crippen LogP contribution is 2.60. The van der Waals surface area contributed by atoms with Gasteiger partial charge in [0.05, 0.1) is 12.7 Å². The zero-order valence-electron chi connectivity index (χ0n) is 22.6. The Labute approximate surface area is 239 Å². The van der Waals surface area contributed by atoms with Crippen LogP contribution in [0.4, 0.5) is 0 Å². The molecule has 1 aliphatic heterocycles. The molecule has 4 fully saturated rings. The third-order valence-corrected chi connectivity index (χ3v) is 9.41. The molecule has 4 bridgehead atoms. The number of aliphatic hydroxyl groups is 1. The molecule has 0 spiro atoms. The summed E-state index contributed by atoms with van der Waals surface area (Å²) in [6.45, 7) is 2.53. The van der Waals surface area contributed by atoms with Crippen molar-refractivity contribution in [1.29, 1.82) is 0 Å². The minimum Gasteiger partial charge on any atom is -0.475 e. The molecular formula is C31H36ClNO7. The number of hydrogen-bond acceptors (Lipinski definition) is 7. The van der Waals surface area contributed by atoms with Crippen LogP contribution in [0.3, 0.4) is 0 Å². The van der Waals surface area contributed by atoms with Gasteiger partial charge < -0.3 is 29.7 Å². The molecule has 214 valence electrons. The summed E-state index contributed by atoms with van der Waals surface area (Å²) < 4.78 is 17.0. The van der Waals surface area contributed by atoms with Gasteiger partial charge in [-0.25, -0.2) is 9.59 Å². The lowest BCUT2D eigenvalue weighted by Crippen LogP contribution is -2.56. The molecule has 5 aliphatic rings. The van der Waals surface area contributed by atoms with Crippen LogP contribution in [0.2, 0.25) is 5.02 Å². The number of rotatable bonds is 10. The lowest BCUT2D eigenvalue weighted by Gasteiger charge is -2.56. The number of carboxylic acids is 1. The van der Waals surface area contributed by atoms with Gasteiger partial charge in [0, 0.05) is 23.0 Å². The van der Waals surface area contributed by atoms with E-state index in [1.54, 1.807) is 30.3 Å². The van der Waals surface area contributed by atoms with Gasteiger partial charge in [-0.05, 0) is 105 Å². The number of carboxylic acid groups (broad SMARTS) is 1. The first-order chi connectivity index (χ1) is 19.1. The highest BCUT2D eigenvalue weighted by molar-refractivity contribution is 6.30. The van der Waals surface area contributed by atoms with Crippen LogP contribution in [0.15, 0.2) is 42.5 Å². The zero-order chi connectivity index (χ0) is 28.1. The van der Waals surface area contributed by atoms with Gasteiger partial charge >= 0.3 is 17.7 Å². The maximum Gasteiger partial charge on any atom is 0.453 e. The molecule has 1 unspecified atom stereocenters.